The van der Waals surface area contributed by atoms with Gasteiger partial charge in [-0.2, -0.15) is 5.10 Å². The summed E-state index contributed by atoms with van der Waals surface area (Å²) in [6, 6.07) is 0.545. The van der Waals surface area contributed by atoms with Crippen LogP contribution in [0, 0.1) is 6.92 Å². The third-order valence-corrected chi connectivity index (χ3v) is 4.95. The second kappa shape index (κ2) is 6.94. The molecule has 25 heavy (non-hydrogen) atoms. The van der Waals surface area contributed by atoms with Crippen molar-refractivity contribution in [3.05, 3.63) is 11.6 Å². The Balaban J connectivity index is 1.66. The number of amides is 1. The van der Waals surface area contributed by atoms with Crippen LogP contribution in [0.15, 0.2) is 0 Å². The summed E-state index contributed by atoms with van der Waals surface area (Å²) in [7, 11) is 0. The molecule has 2 aliphatic rings. The molecule has 1 saturated heterocycles. The topological polar surface area (TPSA) is 72.3 Å². The maximum absolute atomic E-state index is 12.5. The van der Waals surface area contributed by atoms with E-state index in [1.165, 1.54) is 0 Å². The van der Waals surface area contributed by atoms with E-state index in [1.54, 1.807) is 0 Å². The van der Waals surface area contributed by atoms with Crippen molar-refractivity contribution in [1.29, 1.82) is 0 Å². The van der Waals surface area contributed by atoms with Crippen LogP contribution in [-0.4, -0.2) is 50.0 Å². The molecular weight excluding hydrogens is 318 g/mol. The lowest BCUT2D eigenvalue weighted by Gasteiger charge is -2.34. The smallest absolute Gasteiger partial charge is 0.410 e. The van der Waals surface area contributed by atoms with E-state index in [4.69, 9.17) is 4.74 Å². The van der Waals surface area contributed by atoms with E-state index in [0.717, 1.165) is 50.4 Å². The van der Waals surface area contributed by atoms with E-state index >= 15 is 0 Å². The molecule has 2 aliphatic heterocycles. The number of nitrogens with zero attached hydrogens (tertiary/aromatic N) is 4. The first-order valence-electron chi connectivity index (χ1n) is 9.41. The number of hydrogen-bond acceptors (Lipinski definition) is 5. The predicted octanol–water partition coefficient (Wildman–Crippen LogP) is 2.80. The number of carbonyl (C=O) groups excluding carboxylic acids is 1. The summed E-state index contributed by atoms with van der Waals surface area (Å²) < 4.78 is 7.60. The third-order valence-electron chi connectivity index (χ3n) is 4.95. The van der Waals surface area contributed by atoms with Crippen molar-refractivity contribution in [3.63, 3.8) is 0 Å². The van der Waals surface area contributed by atoms with Gasteiger partial charge in [-0.15, -0.1) is 0 Å². The molecule has 140 valence electrons. The number of fused-ring (bicyclic) bond motifs is 1. The summed E-state index contributed by atoms with van der Waals surface area (Å²) in [6.45, 7) is 11.5. The van der Waals surface area contributed by atoms with Gasteiger partial charge in [0.1, 0.15) is 17.2 Å². The van der Waals surface area contributed by atoms with Gasteiger partial charge < -0.3 is 15.0 Å². The fourth-order valence-electron chi connectivity index (χ4n) is 3.91. The van der Waals surface area contributed by atoms with Gasteiger partial charge >= 0.3 is 6.09 Å². The molecule has 3 rings (SSSR count). The molecule has 1 aromatic rings. The Morgan fingerprint density at radius 1 is 1.28 bits per heavy atom. The van der Waals surface area contributed by atoms with Crippen molar-refractivity contribution in [3.8, 4) is 0 Å². The van der Waals surface area contributed by atoms with Crippen LogP contribution in [0.4, 0.5) is 4.79 Å². The Bertz CT molecular complexity index is 621. The van der Waals surface area contributed by atoms with Gasteiger partial charge in [0.15, 0.2) is 0 Å². The molecular formula is C18H31N5O2. The lowest BCUT2D eigenvalue weighted by molar-refractivity contribution is 0.0195. The highest BCUT2D eigenvalue weighted by atomic mass is 16.6. The minimum atomic E-state index is -0.460. The van der Waals surface area contributed by atoms with E-state index < -0.39 is 5.60 Å². The first kappa shape index (κ1) is 18.2. The molecule has 0 saturated carbocycles. The van der Waals surface area contributed by atoms with Gasteiger partial charge in [-0.3, -0.25) is 0 Å². The normalized spacial score (nSPS) is 24.9. The van der Waals surface area contributed by atoms with E-state index in [0.29, 0.717) is 0 Å². The average Bonchev–Trinajstić information content (AvgIpc) is 3.11. The number of rotatable bonds is 3. The molecule has 7 nitrogen and oxygen atoms in total. The maximum atomic E-state index is 12.5. The van der Waals surface area contributed by atoms with Crippen LogP contribution in [0.25, 0.3) is 0 Å². The zero-order chi connectivity index (χ0) is 18.2. The third kappa shape index (κ3) is 4.14. The quantitative estimate of drug-likeness (QED) is 0.908. The Hall–Kier alpha value is -1.63. The van der Waals surface area contributed by atoms with Crippen LogP contribution >= 0.6 is 0 Å². The van der Waals surface area contributed by atoms with Crippen molar-refractivity contribution in [1.82, 2.24) is 25.0 Å². The SMILES string of the molecule is Cc1nc2n(n1)CCC[C@@H]2N[C@H](C)[C@@H]1CCCN1C(=O)OC(C)(C)C. The van der Waals surface area contributed by atoms with E-state index in [1.807, 2.05) is 37.3 Å². The average molecular weight is 349 g/mol. The van der Waals surface area contributed by atoms with Crippen LogP contribution in [-0.2, 0) is 11.3 Å². The fraction of sp³-hybridized carbons (Fsp3) is 0.833. The Morgan fingerprint density at radius 2 is 2.00 bits per heavy atom. The highest BCUT2D eigenvalue weighted by Crippen LogP contribution is 2.27. The van der Waals surface area contributed by atoms with Crippen molar-refractivity contribution < 1.29 is 9.53 Å². The first-order valence-corrected chi connectivity index (χ1v) is 9.41. The minimum Gasteiger partial charge on any atom is -0.444 e. The molecule has 3 atom stereocenters. The summed E-state index contributed by atoms with van der Waals surface area (Å²) in [5.74, 6) is 1.85. The van der Waals surface area contributed by atoms with Crippen LogP contribution in [0.5, 0.6) is 0 Å². The molecule has 1 N–H and O–H groups in total. The molecule has 0 spiro atoms. The molecule has 0 bridgehead atoms. The fourth-order valence-corrected chi connectivity index (χ4v) is 3.91. The molecule has 3 heterocycles. The summed E-state index contributed by atoms with van der Waals surface area (Å²) in [5.41, 5.74) is -0.460. The molecule has 0 aromatic carbocycles. The largest absolute Gasteiger partial charge is 0.444 e. The summed E-state index contributed by atoms with van der Waals surface area (Å²) in [6.07, 6.45) is 3.98. The highest BCUT2D eigenvalue weighted by Gasteiger charge is 2.37. The van der Waals surface area contributed by atoms with Crippen molar-refractivity contribution in [2.45, 2.75) is 90.6 Å². The first-order chi connectivity index (χ1) is 11.7. The second-order valence-corrected chi connectivity index (χ2v) is 8.27. The monoisotopic (exact) mass is 349 g/mol. The van der Waals surface area contributed by atoms with Crippen molar-refractivity contribution in [2.75, 3.05) is 6.54 Å². The summed E-state index contributed by atoms with van der Waals surface area (Å²) in [5, 5.41) is 8.18. The molecule has 0 radical (unpaired) electrons. The van der Waals surface area contributed by atoms with Gasteiger partial charge in [0, 0.05) is 19.1 Å². The van der Waals surface area contributed by atoms with Gasteiger partial charge in [-0.1, -0.05) is 0 Å². The maximum Gasteiger partial charge on any atom is 0.410 e. The van der Waals surface area contributed by atoms with Crippen molar-refractivity contribution >= 4 is 6.09 Å². The van der Waals surface area contributed by atoms with E-state index in [-0.39, 0.29) is 24.2 Å². The Kier molecular flexibility index (Phi) is 5.04. The minimum absolute atomic E-state index is 0.161. The number of ether oxygens (including phenoxy) is 1. The van der Waals surface area contributed by atoms with Crippen LogP contribution in [0.3, 0.4) is 0 Å². The molecule has 1 aromatic heterocycles. The number of aryl methyl sites for hydroxylation is 2. The number of aromatic nitrogens is 3. The number of likely N-dealkylation sites (tertiary alicyclic amines) is 1. The predicted molar refractivity (Wildman–Crippen MR) is 95.3 cm³/mol. The van der Waals surface area contributed by atoms with Crippen LogP contribution < -0.4 is 5.32 Å². The molecule has 1 fully saturated rings. The van der Waals surface area contributed by atoms with Crippen molar-refractivity contribution in [2.24, 2.45) is 0 Å². The van der Waals surface area contributed by atoms with Crippen LogP contribution in [0.1, 0.15) is 71.1 Å². The standard InChI is InChI=1S/C18H31N5O2/c1-12(15-9-7-10-22(15)17(24)25-18(3,4)5)19-14-8-6-11-23-16(14)20-13(2)21-23/h12,14-15,19H,6-11H2,1-5H3/t12-,14+,15+/m1/s1. The van der Waals surface area contributed by atoms with E-state index in [9.17, 15) is 4.79 Å². The number of hydrogen-bond donors (Lipinski definition) is 1. The summed E-state index contributed by atoms with van der Waals surface area (Å²) in [4.78, 5) is 19.0. The zero-order valence-electron chi connectivity index (χ0n) is 16.1. The molecule has 0 aliphatic carbocycles. The zero-order valence-corrected chi connectivity index (χ0v) is 16.1. The van der Waals surface area contributed by atoms with Gasteiger partial charge in [-0.25, -0.2) is 14.5 Å². The number of nitrogens with one attached hydrogen (secondary N) is 1. The van der Waals surface area contributed by atoms with Crippen LogP contribution in [0.2, 0.25) is 0 Å². The van der Waals surface area contributed by atoms with E-state index in [2.05, 4.69) is 22.3 Å². The molecule has 1 amide bonds. The second-order valence-electron chi connectivity index (χ2n) is 8.27. The lowest BCUT2D eigenvalue weighted by Crippen LogP contribution is -2.50. The highest BCUT2D eigenvalue weighted by molar-refractivity contribution is 5.69. The lowest BCUT2D eigenvalue weighted by atomic mass is 10.0. The number of carbonyl (C=O) groups is 1. The Morgan fingerprint density at radius 3 is 2.72 bits per heavy atom. The van der Waals surface area contributed by atoms with Gasteiger partial charge in [-0.05, 0) is 60.3 Å². The van der Waals surface area contributed by atoms with Gasteiger partial charge in [0.05, 0.1) is 12.1 Å². The molecule has 7 heteroatoms. The van der Waals surface area contributed by atoms with Gasteiger partial charge in [0.2, 0.25) is 0 Å². The Labute approximate surface area is 150 Å². The molecule has 0 unspecified atom stereocenters. The van der Waals surface area contributed by atoms with Gasteiger partial charge in [0.25, 0.3) is 0 Å². The summed E-state index contributed by atoms with van der Waals surface area (Å²) >= 11 is 0.